The lowest BCUT2D eigenvalue weighted by atomic mass is 9.91. The minimum atomic E-state index is -0.581. The Hall–Kier alpha value is -0.610. The molecule has 0 aromatic heterocycles. The van der Waals surface area contributed by atoms with E-state index in [1.54, 1.807) is 6.42 Å². The smallest absolute Gasteiger partial charge is 0.237 e. The van der Waals surface area contributed by atoms with Gasteiger partial charge in [-0.3, -0.25) is 4.79 Å². The van der Waals surface area contributed by atoms with E-state index in [1.165, 1.54) is 0 Å². The molecule has 0 aliphatic carbocycles. The maximum atomic E-state index is 11.1. The number of hydrogen-bond donors (Lipinski definition) is 3. The SMILES string of the molecule is NC(=O)C1(C[CH]CO)CCCN1. The lowest BCUT2D eigenvalue weighted by Crippen LogP contribution is -2.51. The van der Waals surface area contributed by atoms with Crippen molar-refractivity contribution in [3.63, 3.8) is 0 Å². The Morgan fingerprint density at radius 2 is 2.50 bits per heavy atom. The van der Waals surface area contributed by atoms with Gasteiger partial charge in [0.25, 0.3) is 0 Å². The fourth-order valence-corrected chi connectivity index (χ4v) is 1.60. The summed E-state index contributed by atoms with van der Waals surface area (Å²) in [6, 6.07) is 0. The zero-order chi connectivity index (χ0) is 9.03. The minimum Gasteiger partial charge on any atom is -0.396 e. The summed E-state index contributed by atoms with van der Waals surface area (Å²) >= 11 is 0. The van der Waals surface area contributed by atoms with Crippen molar-refractivity contribution >= 4 is 5.91 Å². The molecule has 0 spiro atoms. The Kier molecular flexibility index (Phi) is 3.05. The van der Waals surface area contributed by atoms with Crippen LogP contribution in [-0.2, 0) is 4.79 Å². The number of carbonyl (C=O) groups excluding carboxylic acids is 1. The molecule has 1 fully saturated rings. The molecule has 4 heteroatoms. The molecule has 1 aliphatic heterocycles. The van der Waals surface area contributed by atoms with E-state index in [4.69, 9.17) is 10.8 Å². The monoisotopic (exact) mass is 171 g/mol. The zero-order valence-corrected chi connectivity index (χ0v) is 7.05. The summed E-state index contributed by atoms with van der Waals surface area (Å²) in [6.45, 7) is 0.832. The standard InChI is InChI=1S/C8H15N2O2/c9-7(12)8(4-2-6-11)3-1-5-10-8/h2,10-11H,1,3-6H2,(H2,9,12). The molecule has 1 aliphatic rings. The third kappa shape index (κ3) is 1.76. The Labute approximate surface area is 72.1 Å². The van der Waals surface area contributed by atoms with E-state index in [-0.39, 0.29) is 12.5 Å². The summed E-state index contributed by atoms with van der Waals surface area (Å²) in [4.78, 5) is 11.1. The molecule has 1 saturated heterocycles. The number of aliphatic hydroxyl groups is 1. The van der Waals surface area contributed by atoms with Gasteiger partial charge >= 0.3 is 0 Å². The first-order valence-corrected chi connectivity index (χ1v) is 4.19. The number of carbonyl (C=O) groups is 1. The Balaban J connectivity index is 2.53. The van der Waals surface area contributed by atoms with Gasteiger partial charge in [-0.15, -0.1) is 0 Å². The molecule has 0 aromatic rings. The average Bonchev–Trinajstić information content (AvgIpc) is 2.50. The van der Waals surface area contributed by atoms with Crippen LogP contribution in [0.4, 0.5) is 0 Å². The molecular weight excluding hydrogens is 156 g/mol. The summed E-state index contributed by atoms with van der Waals surface area (Å²) in [5.74, 6) is -0.315. The van der Waals surface area contributed by atoms with Gasteiger partial charge in [0.2, 0.25) is 5.91 Å². The lowest BCUT2D eigenvalue weighted by Gasteiger charge is -2.24. The molecule has 1 radical (unpaired) electrons. The second kappa shape index (κ2) is 3.87. The molecule has 69 valence electrons. The van der Waals surface area contributed by atoms with Crippen LogP contribution in [0.2, 0.25) is 0 Å². The molecular formula is C8H15N2O2. The third-order valence-electron chi connectivity index (χ3n) is 2.34. The molecule has 4 N–H and O–H groups in total. The van der Waals surface area contributed by atoms with Gasteiger partial charge in [0.1, 0.15) is 0 Å². The van der Waals surface area contributed by atoms with Gasteiger partial charge in [-0.05, 0) is 32.2 Å². The first-order valence-electron chi connectivity index (χ1n) is 4.19. The van der Waals surface area contributed by atoms with Crippen molar-refractivity contribution < 1.29 is 9.90 Å². The number of nitrogens with one attached hydrogen (secondary N) is 1. The first-order chi connectivity index (χ1) is 5.71. The molecule has 0 saturated carbocycles. The summed E-state index contributed by atoms with van der Waals surface area (Å²) in [6.07, 6.45) is 3.95. The number of primary amides is 1. The van der Waals surface area contributed by atoms with Gasteiger partial charge in [0.05, 0.1) is 5.54 Å². The highest BCUT2D eigenvalue weighted by Gasteiger charge is 2.38. The van der Waals surface area contributed by atoms with Crippen LogP contribution < -0.4 is 11.1 Å². The number of rotatable bonds is 4. The first kappa shape index (κ1) is 9.48. The van der Waals surface area contributed by atoms with Gasteiger partial charge in [-0.2, -0.15) is 0 Å². The Morgan fingerprint density at radius 1 is 1.75 bits per heavy atom. The second-order valence-corrected chi connectivity index (χ2v) is 3.15. The maximum absolute atomic E-state index is 11.1. The van der Waals surface area contributed by atoms with Crippen LogP contribution >= 0.6 is 0 Å². The summed E-state index contributed by atoms with van der Waals surface area (Å²) in [7, 11) is 0. The van der Waals surface area contributed by atoms with Crippen molar-refractivity contribution in [3.8, 4) is 0 Å². The summed E-state index contributed by atoms with van der Waals surface area (Å²) in [5.41, 5.74) is 4.69. The van der Waals surface area contributed by atoms with Crippen LogP contribution in [0.3, 0.4) is 0 Å². The van der Waals surface area contributed by atoms with Crippen molar-refractivity contribution in [1.29, 1.82) is 0 Å². The van der Waals surface area contributed by atoms with Crippen LogP contribution in [0, 0.1) is 6.42 Å². The van der Waals surface area contributed by atoms with Gasteiger partial charge in [-0.1, -0.05) is 0 Å². The van der Waals surface area contributed by atoms with Gasteiger partial charge in [0, 0.05) is 6.61 Å². The maximum Gasteiger partial charge on any atom is 0.237 e. The molecule has 1 atom stereocenters. The Morgan fingerprint density at radius 3 is 2.92 bits per heavy atom. The highest BCUT2D eigenvalue weighted by atomic mass is 16.3. The van der Waals surface area contributed by atoms with E-state index in [1.807, 2.05) is 0 Å². The van der Waals surface area contributed by atoms with E-state index in [0.717, 1.165) is 19.4 Å². The molecule has 4 nitrogen and oxygen atoms in total. The predicted octanol–water partition coefficient (Wildman–Crippen LogP) is -0.819. The fourth-order valence-electron chi connectivity index (χ4n) is 1.60. The van der Waals surface area contributed by atoms with Crippen molar-refractivity contribution in [1.82, 2.24) is 5.32 Å². The number of aliphatic hydroxyl groups excluding tert-OH is 1. The molecule has 0 bridgehead atoms. The van der Waals surface area contributed by atoms with Crippen molar-refractivity contribution in [3.05, 3.63) is 6.42 Å². The zero-order valence-electron chi connectivity index (χ0n) is 7.05. The summed E-state index contributed by atoms with van der Waals surface area (Å²) < 4.78 is 0. The second-order valence-electron chi connectivity index (χ2n) is 3.15. The lowest BCUT2D eigenvalue weighted by molar-refractivity contribution is -0.123. The fraction of sp³-hybridized carbons (Fsp3) is 0.750. The molecule has 12 heavy (non-hydrogen) atoms. The normalized spacial score (nSPS) is 29.1. The van der Waals surface area contributed by atoms with Crippen LogP contribution in [0.1, 0.15) is 19.3 Å². The minimum absolute atomic E-state index is 0.00326. The van der Waals surface area contributed by atoms with Crippen LogP contribution in [0.5, 0.6) is 0 Å². The van der Waals surface area contributed by atoms with Crippen LogP contribution in [-0.4, -0.2) is 29.7 Å². The molecule has 1 heterocycles. The highest BCUT2D eigenvalue weighted by Crippen LogP contribution is 2.23. The average molecular weight is 171 g/mol. The molecule has 0 aromatic carbocycles. The Bertz CT molecular complexity index is 164. The van der Waals surface area contributed by atoms with Crippen LogP contribution in [0.25, 0.3) is 0 Å². The van der Waals surface area contributed by atoms with E-state index in [9.17, 15) is 4.79 Å². The van der Waals surface area contributed by atoms with E-state index >= 15 is 0 Å². The highest BCUT2D eigenvalue weighted by molar-refractivity contribution is 5.85. The number of hydrogen-bond acceptors (Lipinski definition) is 3. The van der Waals surface area contributed by atoms with Crippen molar-refractivity contribution in [2.75, 3.05) is 13.2 Å². The topological polar surface area (TPSA) is 75.4 Å². The molecule has 1 unspecified atom stereocenters. The van der Waals surface area contributed by atoms with Crippen LogP contribution in [0.15, 0.2) is 0 Å². The van der Waals surface area contributed by atoms with Gasteiger partial charge < -0.3 is 16.2 Å². The van der Waals surface area contributed by atoms with Crippen molar-refractivity contribution in [2.24, 2.45) is 5.73 Å². The van der Waals surface area contributed by atoms with Gasteiger partial charge in [0.15, 0.2) is 0 Å². The van der Waals surface area contributed by atoms with E-state index in [0.29, 0.717) is 6.42 Å². The van der Waals surface area contributed by atoms with E-state index < -0.39 is 5.54 Å². The van der Waals surface area contributed by atoms with Gasteiger partial charge in [-0.25, -0.2) is 0 Å². The van der Waals surface area contributed by atoms with E-state index in [2.05, 4.69) is 5.32 Å². The predicted molar refractivity (Wildman–Crippen MR) is 45.2 cm³/mol. The third-order valence-corrected chi connectivity index (χ3v) is 2.34. The number of amides is 1. The van der Waals surface area contributed by atoms with Crippen molar-refractivity contribution in [2.45, 2.75) is 24.8 Å². The number of nitrogens with two attached hydrogens (primary N) is 1. The summed E-state index contributed by atoms with van der Waals surface area (Å²) in [5, 5.41) is 11.7. The quantitative estimate of drug-likeness (QED) is 0.517. The molecule has 1 amide bonds. The molecule has 1 rings (SSSR count). The largest absolute Gasteiger partial charge is 0.396 e.